The van der Waals surface area contributed by atoms with Crippen LogP contribution >= 0.6 is 11.8 Å². The van der Waals surface area contributed by atoms with Gasteiger partial charge in [-0.15, -0.1) is 0 Å². The van der Waals surface area contributed by atoms with Crippen molar-refractivity contribution >= 4 is 23.4 Å². The van der Waals surface area contributed by atoms with Crippen LogP contribution in [0.25, 0.3) is 0 Å². The third kappa shape index (κ3) is 3.14. The molecule has 2 aliphatic heterocycles. The Morgan fingerprint density at radius 3 is 2.58 bits per heavy atom. The van der Waals surface area contributed by atoms with E-state index in [9.17, 15) is 4.79 Å². The first-order chi connectivity index (χ1) is 11.7. The van der Waals surface area contributed by atoms with Crippen LogP contribution in [0.3, 0.4) is 0 Å². The second-order valence-corrected chi connectivity index (χ2v) is 7.64. The number of anilines is 1. The molecule has 4 rings (SSSR count). The largest absolute Gasteiger partial charge is 0.398 e. The predicted molar refractivity (Wildman–Crippen MR) is 97.2 cm³/mol. The second-order valence-electron chi connectivity index (χ2n) is 6.53. The van der Waals surface area contributed by atoms with Crippen LogP contribution in [-0.2, 0) is 0 Å². The first-order valence-corrected chi connectivity index (χ1v) is 9.20. The van der Waals surface area contributed by atoms with E-state index < -0.39 is 0 Å². The fourth-order valence-electron chi connectivity index (χ4n) is 3.61. The lowest BCUT2D eigenvalue weighted by atomic mass is 9.95. The molecule has 1 amide bonds. The minimum Gasteiger partial charge on any atom is -0.398 e. The molecule has 2 bridgehead atoms. The zero-order valence-electron chi connectivity index (χ0n) is 13.4. The van der Waals surface area contributed by atoms with Crippen molar-refractivity contribution in [2.24, 2.45) is 0 Å². The van der Waals surface area contributed by atoms with Crippen LogP contribution in [0.1, 0.15) is 29.6 Å². The zero-order valence-corrected chi connectivity index (χ0v) is 14.2. The molecule has 2 aromatic rings. The molecule has 2 aromatic carbocycles. The smallest absolute Gasteiger partial charge is 0.251 e. The van der Waals surface area contributed by atoms with Gasteiger partial charge < -0.3 is 16.4 Å². The number of carbonyl (C=O) groups excluding carboxylic acids is 1. The van der Waals surface area contributed by atoms with Crippen molar-refractivity contribution in [3.05, 3.63) is 54.1 Å². The summed E-state index contributed by atoms with van der Waals surface area (Å²) >= 11 is 1.61. The monoisotopic (exact) mass is 339 g/mol. The number of hydrogen-bond donors (Lipinski definition) is 3. The number of fused-ring (bicyclic) bond motifs is 2. The lowest BCUT2D eigenvalue weighted by molar-refractivity contribution is 0.0931. The van der Waals surface area contributed by atoms with Crippen LogP contribution in [0.15, 0.2) is 58.3 Å². The quantitative estimate of drug-likeness (QED) is 0.749. The Kier molecular flexibility index (Phi) is 4.21. The van der Waals surface area contributed by atoms with Gasteiger partial charge in [0, 0.05) is 39.2 Å². The first-order valence-electron chi connectivity index (χ1n) is 8.38. The predicted octanol–water partition coefficient (Wildman–Crippen LogP) is 3.04. The van der Waals surface area contributed by atoms with Crippen LogP contribution in [0.4, 0.5) is 5.69 Å². The third-order valence-electron chi connectivity index (χ3n) is 4.88. The number of nitrogen functional groups attached to an aromatic ring is 1. The molecule has 2 fully saturated rings. The molecule has 124 valence electrons. The number of carbonyl (C=O) groups is 1. The summed E-state index contributed by atoms with van der Waals surface area (Å²) in [4.78, 5) is 14.5. The Labute approximate surface area is 146 Å². The molecular formula is C19H21N3OS. The number of hydrogen-bond acceptors (Lipinski definition) is 4. The number of rotatable bonds is 4. The van der Waals surface area contributed by atoms with Crippen molar-refractivity contribution in [1.82, 2.24) is 10.6 Å². The highest BCUT2D eigenvalue weighted by Gasteiger charge is 2.39. The van der Waals surface area contributed by atoms with E-state index in [-0.39, 0.29) is 11.9 Å². The van der Waals surface area contributed by atoms with Crippen molar-refractivity contribution in [2.45, 2.75) is 47.2 Å². The second kappa shape index (κ2) is 6.49. The molecule has 0 spiro atoms. The molecule has 0 radical (unpaired) electrons. The lowest BCUT2D eigenvalue weighted by Gasteiger charge is -2.21. The van der Waals surface area contributed by atoms with Crippen molar-refractivity contribution in [3.63, 3.8) is 0 Å². The van der Waals surface area contributed by atoms with Crippen LogP contribution in [0.5, 0.6) is 0 Å². The topological polar surface area (TPSA) is 67.2 Å². The van der Waals surface area contributed by atoms with Gasteiger partial charge in [-0.05, 0) is 55.7 Å². The molecule has 2 aliphatic rings. The van der Waals surface area contributed by atoms with Gasteiger partial charge in [0.25, 0.3) is 5.91 Å². The summed E-state index contributed by atoms with van der Waals surface area (Å²) < 4.78 is 0. The van der Waals surface area contributed by atoms with E-state index in [0.717, 1.165) is 21.9 Å². The maximum Gasteiger partial charge on any atom is 0.251 e. The maximum atomic E-state index is 12.4. The van der Waals surface area contributed by atoms with Gasteiger partial charge in [-0.2, -0.15) is 0 Å². The minimum absolute atomic E-state index is 0.0186. The minimum atomic E-state index is 0.0186. The third-order valence-corrected chi connectivity index (χ3v) is 5.98. The van der Waals surface area contributed by atoms with E-state index in [0.29, 0.717) is 17.6 Å². The Morgan fingerprint density at radius 1 is 1.12 bits per heavy atom. The molecule has 0 aliphatic carbocycles. The average Bonchev–Trinajstić information content (AvgIpc) is 3.20. The van der Waals surface area contributed by atoms with Crippen molar-refractivity contribution < 1.29 is 4.79 Å². The molecule has 0 unspecified atom stereocenters. The van der Waals surface area contributed by atoms with Gasteiger partial charge in [-0.3, -0.25) is 4.79 Å². The average molecular weight is 339 g/mol. The Bertz CT molecular complexity index is 747. The van der Waals surface area contributed by atoms with Gasteiger partial charge in [0.2, 0.25) is 0 Å². The van der Waals surface area contributed by atoms with E-state index in [1.807, 2.05) is 48.5 Å². The van der Waals surface area contributed by atoms with Crippen LogP contribution in [0.2, 0.25) is 0 Å². The lowest BCUT2D eigenvalue weighted by Crippen LogP contribution is -2.42. The van der Waals surface area contributed by atoms with E-state index >= 15 is 0 Å². The molecule has 4 N–H and O–H groups in total. The van der Waals surface area contributed by atoms with Gasteiger partial charge >= 0.3 is 0 Å². The summed E-state index contributed by atoms with van der Waals surface area (Å²) in [5.41, 5.74) is 7.46. The molecule has 2 heterocycles. The highest BCUT2D eigenvalue weighted by atomic mass is 32.2. The Balaban J connectivity index is 1.40. The van der Waals surface area contributed by atoms with Crippen LogP contribution < -0.4 is 16.4 Å². The van der Waals surface area contributed by atoms with Gasteiger partial charge in [0.15, 0.2) is 0 Å². The van der Waals surface area contributed by atoms with Gasteiger partial charge in [-0.1, -0.05) is 23.9 Å². The van der Waals surface area contributed by atoms with E-state index in [1.165, 1.54) is 12.8 Å². The van der Waals surface area contributed by atoms with Crippen molar-refractivity contribution in [1.29, 1.82) is 0 Å². The van der Waals surface area contributed by atoms with E-state index in [4.69, 9.17) is 5.73 Å². The number of nitrogens with two attached hydrogens (primary N) is 1. The number of benzene rings is 2. The Hall–Kier alpha value is -1.98. The fourth-order valence-corrected chi connectivity index (χ4v) is 4.47. The molecule has 0 aromatic heterocycles. The number of nitrogens with one attached hydrogen (secondary N) is 2. The fraction of sp³-hybridized carbons (Fsp3) is 0.316. The summed E-state index contributed by atoms with van der Waals surface area (Å²) in [7, 11) is 0. The highest BCUT2D eigenvalue weighted by Crippen LogP contribution is 2.32. The zero-order chi connectivity index (χ0) is 16.5. The summed E-state index contributed by atoms with van der Waals surface area (Å²) in [6, 6.07) is 16.8. The van der Waals surface area contributed by atoms with Crippen LogP contribution in [0, 0.1) is 0 Å². The summed E-state index contributed by atoms with van der Waals surface area (Å²) in [5.74, 6) is 0.0186. The molecular weight excluding hydrogens is 318 g/mol. The van der Waals surface area contributed by atoms with Crippen molar-refractivity contribution in [2.75, 3.05) is 5.73 Å². The summed E-state index contributed by atoms with van der Waals surface area (Å²) in [6.07, 6.45) is 3.47. The molecule has 4 nitrogen and oxygen atoms in total. The molecule has 2 saturated heterocycles. The van der Waals surface area contributed by atoms with Gasteiger partial charge in [0.05, 0.1) is 0 Å². The molecule has 24 heavy (non-hydrogen) atoms. The highest BCUT2D eigenvalue weighted by molar-refractivity contribution is 7.99. The van der Waals surface area contributed by atoms with E-state index in [1.54, 1.807) is 11.8 Å². The van der Waals surface area contributed by atoms with Gasteiger partial charge in [-0.25, -0.2) is 0 Å². The number of amides is 1. The molecule has 5 heteroatoms. The van der Waals surface area contributed by atoms with Crippen molar-refractivity contribution in [3.8, 4) is 0 Å². The molecule has 3 atom stereocenters. The van der Waals surface area contributed by atoms with Gasteiger partial charge in [0.1, 0.15) is 0 Å². The normalized spacial score (nSPS) is 24.9. The standard InChI is InChI=1S/C19H21N3OS/c20-15-3-1-2-4-18(15)24-14-8-5-12(6-9-14)19(23)22-17-11-13-7-10-16(17)21-13/h1-6,8-9,13,16-17,21H,7,10-11,20H2,(H,22,23)/t13-,16+,17-/m1/s1. The first kappa shape index (κ1) is 15.5. The Morgan fingerprint density at radius 2 is 1.92 bits per heavy atom. The number of para-hydroxylation sites is 1. The summed E-state index contributed by atoms with van der Waals surface area (Å²) in [6.45, 7) is 0. The molecule has 0 saturated carbocycles. The maximum absolute atomic E-state index is 12.4. The van der Waals surface area contributed by atoms with Crippen LogP contribution in [-0.4, -0.2) is 24.0 Å². The SMILES string of the molecule is Nc1ccccc1Sc1ccc(C(=O)N[C@@H]2C[C@H]3CC[C@@H]2N3)cc1. The summed E-state index contributed by atoms with van der Waals surface area (Å²) in [5, 5.41) is 6.72. The van der Waals surface area contributed by atoms with E-state index in [2.05, 4.69) is 10.6 Å².